The number of ether oxygens (including phenoxy) is 1. The molecule has 0 spiro atoms. The van der Waals surface area contributed by atoms with Crippen molar-refractivity contribution in [1.82, 2.24) is 15.0 Å². The normalized spacial score (nSPS) is 10.1. The van der Waals surface area contributed by atoms with Gasteiger partial charge in [-0.25, -0.2) is 15.0 Å². The van der Waals surface area contributed by atoms with Crippen molar-refractivity contribution < 1.29 is 4.74 Å². The zero-order valence-corrected chi connectivity index (χ0v) is 8.42. The maximum Gasteiger partial charge on any atom is 0.222 e. The molecule has 0 aliphatic heterocycles. The molecule has 14 heavy (non-hydrogen) atoms. The van der Waals surface area contributed by atoms with Gasteiger partial charge in [-0.05, 0) is 11.6 Å². The van der Waals surface area contributed by atoms with Gasteiger partial charge >= 0.3 is 0 Å². The second-order valence-electron chi connectivity index (χ2n) is 2.31. The summed E-state index contributed by atoms with van der Waals surface area (Å²) < 4.78 is 5.35. The molecule has 2 aromatic rings. The van der Waals surface area contributed by atoms with Crippen molar-refractivity contribution in [2.75, 3.05) is 5.73 Å². The molecule has 0 saturated carbocycles. The molecule has 72 valence electrons. The van der Waals surface area contributed by atoms with E-state index in [0.29, 0.717) is 15.9 Å². The number of nitrogens with two attached hydrogens (primary N) is 1. The van der Waals surface area contributed by atoms with Gasteiger partial charge in [-0.1, -0.05) is 11.3 Å². The largest absolute Gasteiger partial charge is 0.442 e. The Labute approximate surface area is 88.5 Å². The first-order valence-electron chi connectivity index (χ1n) is 3.61. The van der Waals surface area contributed by atoms with Gasteiger partial charge in [-0.15, -0.1) is 0 Å². The fourth-order valence-corrected chi connectivity index (χ4v) is 1.44. The molecule has 2 heterocycles. The van der Waals surface area contributed by atoms with Crippen LogP contribution in [0, 0.1) is 0 Å². The Bertz CT molecular complexity index is 430. The standard InChI is InChI=1S/C7H5ClN4OS/c8-6-10-1-4(2-11-6)13-5-3-12-7(9)14-5/h1-3H,(H2,9,12). The average Bonchev–Trinajstić information content (AvgIpc) is 2.56. The van der Waals surface area contributed by atoms with Gasteiger partial charge in [0.25, 0.3) is 0 Å². The van der Waals surface area contributed by atoms with E-state index in [-0.39, 0.29) is 5.28 Å². The van der Waals surface area contributed by atoms with Crippen molar-refractivity contribution in [3.05, 3.63) is 23.9 Å². The Morgan fingerprint density at radius 3 is 2.50 bits per heavy atom. The Balaban J connectivity index is 2.15. The van der Waals surface area contributed by atoms with E-state index >= 15 is 0 Å². The topological polar surface area (TPSA) is 73.9 Å². The lowest BCUT2D eigenvalue weighted by molar-refractivity contribution is 0.489. The van der Waals surface area contributed by atoms with Crippen LogP contribution in [0.4, 0.5) is 5.13 Å². The maximum atomic E-state index is 5.51. The fraction of sp³-hybridized carbons (Fsp3) is 0. The van der Waals surface area contributed by atoms with Crippen LogP contribution < -0.4 is 10.5 Å². The predicted molar refractivity (Wildman–Crippen MR) is 53.6 cm³/mol. The highest BCUT2D eigenvalue weighted by Crippen LogP contribution is 2.27. The lowest BCUT2D eigenvalue weighted by atomic mass is 10.6. The summed E-state index contributed by atoms with van der Waals surface area (Å²) in [6.07, 6.45) is 4.49. The van der Waals surface area contributed by atoms with Crippen LogP contribution in [0.1, 0.15) is 0 Å². The quantitative estimate of drug-likeness (QED) is 0.796. The molecule has 2 aromatic heterocycles. The minimum absolute atomic E-state index is 0.182. The van der Waals surface area contributed by atoms with Gasteiger partial charge in [-0.3, -0.25) is 0 Å². The zero-order chi connectivity index (χ0) is 9.97. The van der Waals surface area contributed by atoms with E-state index in [4.69, 9.17) is 22.1 Å². The Kier molecular flexibility index (Phi) is 2.47. The predicted octanol–water partition coefficient (Wildman–Crippen LogP) is 1.96. The fourth-order valence-electron chi connectivity index (χ4n) is 0.789. The number of hydrogen-bond donors (Lipinski definition) is 1. The highest BCUT2D eigenvalue weighted by atomic mass is 35.5. The summed E-state index contributed by atoms with van der Waals surface area (Å²) >= 11 is 6.75. The molecule has 0 unspecified atom stereocenters. The van der Waals surface area contributed by atoms with Crippen LogP contribution in [0.2, 0.25) is 5.28 Å². The summed E-state index contributed by atoms with van der Waals surface area (Å²) in [5.41, 5.74) is 5.43. The number of hydrogen-bond acceptors (Lipinski definition) is 6. The summed E-state index contributed by atoms with van der Waals surface area (Å²) in [4.78, 5) is 11.4. The summed E-state index contributed by atoms with van der Waals surface area (Å²) in [5.74, 6) is 0.498. The number of aromatic nitrogens is 3. The minimum Gasteiger partial charge on any atom is -0.442 e. The van der Waals surface area contributed by atoms with Gasteiger partial charge in [0.1, 0.15) is 0 Å². The average molecular weight is 229 g/mol. The summed E-state index contributed by atoms with van der Waals surface area (Å²) in [7, 11) is 0. The van der Waals surface area contributed by atoms with Gasteiger partial charge in [0, 0.05) is 0 Å². The molecular weight excluding hydrogens is 224 g/mol. The molecule has 0 saturated heterocycles. The number of nitrogens with zero attached hydrogens (tertiary/aromatic N) is 3. The Hall–Kier alpha value is -1.40. The first kappa shape index (κ1) is 9.17. The number of thiazole rings is 1. The van der Waals surface area contributed by atoms with Crippen LogP contribution in [0.15, 0.2) is 18.6 Å². The van der Waals surface area contributed by atoms with E-state index in [1.54, 1.807) is 0 Å². The second-order valence-corrected chi connectivity index (χ2v) is 3.67. The monoisotopic (exact) mass is 228 g/mol. The van der Waals surface area contributed by atoms with Gasteiger partial charge < -0.3 is 10.5 Å². The maximum absolute atomic E-state index is 5.51. The van der Waals surface area contributed by atoms with Crippen LogP contribution >= 0.6 is 22.9 Å². The first-order valence-corrected chi connectivity index (χ1v) is 4.80. The van der Waals surface area contributed by atoms with Crippen molar-refractivity contribution >= 4 is 28.1 Å². The molecule has 0 aromatic carbocycles. The third-order valence-corrected chi connectivity index (χ3v) is 2.22. The van der Waals surface area contributed by atoms with Crippen LogP contribution in [0.5, 0.6) is 10.8 Å². The van der Waals surface area contributed by atoms with Crippen molar-refractivity contribution in [1.29, 1.82) is 0 Å². The van der Waals surface area contributed by atoms with E-state index < -0.39 is 0 Å². The molecule has 5 nitrogen and oxygen atoms in total. The number of halogens is 1. The number of anilines is 1. The van der Waals surface area contributed by atoms with Crippen molar-refractivity contribution in [3.63, 3.8) is 0 Å². The lowest BCUT2D eigenvalue weighted by Crippen LogP contribution is -1.85. The van der Waals surface area contributed by atoms with Crippen molar-refractivity contribution in [2.45, 2.75) is 0 Å². The first-order chi connectivity index (χ1) is 6.74. The third kappa shape index (κ3) is 2.09. The molecule has 2 rings (SSSR count). The van der Waals surface area contributed by atoms with E-state index in [0.717, 1.165) is 0 Å². The molecule has 0 atom stereocenters. The summed E-state index contributed by atoms with van der Waals surface area (Å²) in [5, 5.41) is 1.23. The minimum atomic E-state index is 0.182. The molecule has 2 N–H and O–H groups in total. The third-order valence-electron chi connectivity index (χ3n) is 1.32. The number of nitrogen functional groups attached to an aromatic ring is 1. The van der Waals surface area contributed by atoms with Gasteiger partial charge in [-0.2, -0.15) is 0 Å². The SMILES string of the molecule is Nc1ncc(Oc2cnc(Cl)nc2)s1. The van der Waals surface area contributed by atoms with Crippen molar-refractivity contribution in [3.8, 4) is 10.8 Å². The Morgan fingerprint density at radius 1 is 1.21 bits per heavy atom. The zero-order valence-electron chi connectivity index (χ0n) is 6.85. The molecule has 0 fully saturated rings. The van der Waals surface area contributed by atoms with Gasteiger partial charge in [0.05, 0.1) is 18.6 Å². The van der Waals surface area contributed by atoms with Crippen molar-refractivity contribution in [2.24, 2.45) is 0 Å². The molecule has 7 heteroatoms. The molecule has 0 bridgehead atoms. The summed E-state index contributed by atoms with van der Waals surface area (Å²) in [6.45, 7) is 0. The van der Waals surface area contributed by atoms with E-state index in [9.17, 15) is 0 Å². The van der Waals surface area contributed by atoms with Gasteiger partial charge in [0.15, 0.2) is 10.9 Å². The van der Waals surface area contributed by atoms with E-state index in [2.05, 4.69) is 15.0 Å². The highest BCUT2D eigenvalue weighted by molar-refractivity contribution is 7.17. The van der Waals surface area contributed by atoms with Crippen LogP contribution in [-0.2, 0) is 0 Å². The molecular formula is C7H5ClN4OS. The highest BCUT2D eigenvalue weighted by Gasteiger charge is 2.02. The smallest absolute Gasteiger partial charge is 0.222 e. The number of rotatable bonds is 2. The van der Waals surface area contributed by atoms with E-state index in [1.807, 2.05) is 0 Å². The molecule has 0 amide bonds. The Morgan fingerprint density at radius 2 is 1.93 bits per heavy atom. The second kappa shape index (κ2) is 3.77. The molecule has 0 aliphatic carbocycles. The lowest BCUT2D eigenvalue weighted by Gasteiger charge is -1.99. The van der Waals surface area contributed by atoms with Crippen LogP contribution in [0.25, 0.3) is 0 Å². The van der Waals surface area contributed by atoms with Crippen LogP contribution in [0.3, 0.4) is 0 Å². The summed E-state index contributed by atoms with van der Waals surface area (Å²) in [6, 6.07) is 0. The van der Waals surface area contributed by atoms with Crippen LogP contribution in [-0.4, -0.2) is 15.0 Å². The van der Waals surface area contributed by atoms with E-state index in [1.165, 1.54) is 29.9 Å². The molecule has 0 aliphatic rings. The molecule has 0 radical (unpaired) electrons. The van der Waals surface area contributed by atoms with Gasteiger partial charge in [0.2, 0.25) is 10.3 Å².